The van der Waals surface area contributed by atoms with E-state index in [1.165, 1.54) is 52.9 Å². The number of benzene rings is 9. The molecule has 4 heteroatoms. The Labute approximate surface area is 326 Å². The standard InChI is InChI=1S/C52H32N2OS/c1-2-14-38-33(12-1)26-30-43-51-47(21-11-22-48(51)55-52(38)43)53(36-29-31-42-41-17-6-10-23-49(41)56-50(42)32-36)35-27-24-34(25-28-35)37-13-3-7-18-44(37)54-45-19-8-4-15-39(45)40-16-5-9-20-46(40)54/h1-32H. The third-order valence-corrected chi connectivity index (χ3v) is 12.5. The first-order valence-electron chi connectivity index (χ1n) is 19.0. The van der Waals surface area contributed by atoms with Crippen LogP contribution < -0.4 is 4.90 Å². The molecular weight excluding hydrogens is 701 g/mol. The van der Waals surface area contributed by atoms with Crippen molar-refractivity contribution in [1.29, 1.82) is 0 Å². The van der Waals surface area contributed by atoms with E-state index in [0.29, 0.717) is 0 Å². The molecule has 0 radical (unpaired) electrons. The van der Waals surface area contributed by atoms with Gasteiger partial charge in [0, 0.05) is 58.7 Å². The lowest BCUT2D eigenvalue weighted by Gasteiger charge is -2.26. The van der Waals surface area contributed by atoms with Crippen molar-refractivity contribution in [3.8, 4) is 16.8 Å². The second-order valence-corrected chi connectivity index (χ2v) is 15.5. The van der Waals surface area contributed by atoms with Gasteiger partial charge in [0.2, 0.25) is 0 Å². The Morgan fingerprint density at radius 1 is 0.446 bits per heavy atom. The number of hydrogen-bond donors (Lipinski definition) is 0. The van der Waals surface area contributed by atoms with Crippen LogP contribution in [0.25, 0.3) is 91.5 Å². The van der Waals surface area contributed by atoms with Crippen LogP contribution >= 0.6 is 11.3 Å². The minimum Gasteiger partial charge on any atom is -0.455 e. The summed E-state index contributed by atoms with van der Waals surface area (Å²) in [6, 6.07) is 70.2. The maximum Gasteiger partial charge on any atom is 0.143 e. The van der Waals surface area contributed by atoms with Gasteiger partial charge >= 0.3 is 0 Å². The van der Waals surface area contributed by atoms with Gasteiger partial charge in [0.25, 0.3) is 0 Å². The van der Waals surface area contributed by atoms with Crippen LogP contribution in [0.4, 0.5) is 17.1 Å². The normalized spacial score (nSPS) is 11.9. The van der Waals surface area contributed by atoms with Gasteiger partial charge in [-0.2, -0.15) is 0 Å². The molecule has 0 N–H and O–H groups in total. The first-order chi connectivity index (χ1) is 27.8. The largest absolute Gasteiger partial charge is 0.455 e. The van der Waals surface area contributed by atoms with Crippen LogP contribution in [0.15, 0.2) is 199 Å². The van der Waals surface area contributed by atoms with E-state index < -0.39 is 0 Å². The van der Waals surface area contributed by atoms with Crippen LogP contribution in [0.2, 0.25) is 0 Å². The molecule has 0 amide bonds. The summed E-state index contributed by atoms with van der Waals surface area (Å²) in [6.45, 7) is 0. The SMILES string of the molecule is c1ccc(-n2c3ccccc3c3ccccc32)c(-c2ccc(N(c3ccc4c(c3)sc3ccccc34)c3cccc4oc5c6ccccc6ccc5c34)cc2)c1. The zero-order chi connectivity index (χ0) is 36.7. The summed E-state index contributed by atoms with van der Waals surface area (Å²) in [6.07, 6.45) is 0. The molecule has 0 saturated heterocycles. The lowest BCUT2D eigenvalue weighted by atomic mass is 10.0. The third kappa shape index (κ3) is 4.63. The van der Waals surface area contributed by atoms with Crippen molar-refractivity contribution in [2.45, 2.75) is 0 Å². The highest BCUT2D eigenvalue weighted by molar-refractivity contribution is 7.25. The van der Waals surface area contributed by atoms with Crippen LogP contribution in [0, 0.1) is 0 Å². The zero-order valence-corrected chi connectivity index (χ0v) is 31.0. The topological polar surface area (TPSA) is 21.3 Å². The summed E-state index contributed by atoms with van der Waals surface area (Å²) < 4.78 is 11.7. The predicted molar refractivity (Wildman–Crippen MR) is 239 cm³/mol. The molecule has 56 heavy (non-hydrogen) atoms. The number of furan rings is 1. The molecule has 12 rings (SSSR count). The summed E-state index contributed by atoms with van der Waals surface area (Å²) in [4.78, 5) is 2.40. The number of hydrogen-bond acceptors (Lipinski definition) is 3. The fourth-order valence-electron chi connectivity index (χ4n) is 8.89. The first-order valence-corrected chi connectivity index (χ1v) is 19.8. The molecule has 0 atom stereocenters. The monoisotopic (exact) mass is 732 g/mol. The van der Waals surface area contributed by atoms with E-state index in [9.17, 15) is 0 Å². The maximum atomic E-state index is 6.70. The predicted octanol–water partition coefficient (Wildman–Crippen LogP) is 15.3. The van der Waals surface area contributed by atoms with E-state index >= 15 is 0 Å². The number of nitrogens with zero attached hydrogens (tertiary/aromatic N) is 2. The lowest BCUT2D eigenvalue weighted by molar-refractivity contribution is 0.672. The molecule has 9 aromatic carbocycles. The lowest BCUT2D eigenvalue weighted by Crippen LogP contribution is -2.10. The average molecular weight is 733 g/mol. The molecule has 0 aliphatic carbocycles. The fraction of sp³-hybridized carbons (Fsp3) is 0. The molecular formula is C52H32N2OS. The molecule has 0 spiro atoms. The summed E-state index contributed by atoms with van der Waals surface area (Å²) in [7, 11) is 0. The van der Waals surface area contributed by atoms with E-state index in [2.05, 4.69) is 204 Å². The molecule has 0 aliphatic heterocycles. The summed E-state index contributed by atoms with van der Waals surface area (Å²) >= 11 is 1.85. The second-order valence-electron chi connectivity index (χ2n) is 14.5. The van der Waals surface area contributed by atoms with Gasteiger partial charge in [-0.15, -0.1) is 11.3 Å². The zero-order valence-electron chi connectivity index (χ0n) is 30.2. The van der Waals surface area contributed by atoms with Gasteiger partial charge in [0.05, 0.1) is 27.8 Å². The van der Waals surface area contributed by atoms with Crippen molar-refractivity contribution in [3.63, 3.8) is 0 Å². The van der Waals surface area contributed by atoms with Crippen molar-refractivity contribution < 1.29 is 4.42 Å². The third-order valence-electron chi connectivity index (χ3n) is 11.4. The van der Waals surface area contributed by atoms with Gasteiger partial charge in [-0.1, -0.05) is 127 Å². The number of anilines is 3. The van der Waals surface area contributed by atoms with Gasteiger partial charge in [-0.25, -0.2) is 0 Å². The highest BCUT2D eigenvalue weighted by Gasteiger charge is 2.22. The molecule has 0 unspecified atom stereocenters. The molecule has 3 aromatic heterocycles. The van der Waals surface area contributed by atoms with E-state index in [-0.39, 0.29) is 0 Å². The highest BCUT2D eigenvalue weighted by atomic mass is 32.1. The summed E-state index contributed by atoms with van der Waals surface area (Å²) in [5, 5.41) is 9.60. The number of fused-ring (bicyclic) bond motifs is 11. The molecule has 0 aliphatic rings. The van der Waals surface area contributed by atoms with Crippen LogP contribution in [0.5, 0.6) is 0 Å². The first kappa shape index (κ1) is 31.2. The van der Waals surface area contributed by atoms with Crippen molar-refractivity contribution in [3.05, 3.63) is 194 Å². The summed E-state index contributed by atoms with van der Waals surface area (Å²) in [5.41, 5.74) is 10.9. The quantitative estimate of drug-likeness (QED) is 0.176. The fourth-order valence-corrected chi connectivity index (χ4v) is 10.0. The van der Waals surface area contributed by atoms with Gasteiger partial charge in [-0.05, 0) is 77.7 Å². The number of thiophene rings is 1. The smallest absolute Gasteiger partial charge is 0.143 e. The Hall–Kier alpha value is -7.14. The van der Waals surface area contributed by atoms with Crippen molar-refractivity contribution in [1.82, 2.24) is 4.57 Å². The van der Waals surface area contributed by atoms with E-state index in [4.69, 9.17) is 4.42 Å². The Balaban J connectivity index is 1.06. The number of rotatable bonds is 5. The van der Waals surface area contributed by atoms with Crippen molar-refractivity contribution >= 4 is 103 Å². The Morgan fingerprint density at radius 3 is 1.91 bits per heavy atom. The minimum atomic E-state index is 0.874. The van der Waals surface area contributed by atoms with E-state index in [1.54, 1.807) is 0 Å². The van der Waals surface area contributed by atoms with E-state index in [1.807, 2.05) is 11.3 Å². The molecule has 3 heterocycles. The van der Waals surface area contributed by atoms with Crippen molar-refractivity contribution in [2.24, 2.45) is 0 Å². The van der Waals surface area contributed by atoms with Crippen LogP contribution in [0.3, 0.4) is 0 Å². The van der Waals surface area contributed by atoms with Crippen molar-refractivity contribution in [2.75, 3.05) is 4.90 Å². The van der Waals surface area contributed by atoms with Gasteiger partial charge in [-0.3, -0.25) is 0 Å². The molecule has 12 aromatic rings. The van der Waals surface area contributed by atoms with Crippen LogP contribution in [-0.4, -0.2) is 4.57 Å². The Bertz CT molecular complexity index is 3440. The highest BCUT2D eigenvalue weighted by Crippen LogP contribution is 2.46. The number of aromatic nitrogens is 1. The maximum absolute atomic E-state index is 6.70. The van der Waals surface area contributed by atoms with Crippen LogP contribution in [-0.2, 0) is 0 Å². The molecule has 3 nitrogen and oxygen atoms in total. The van der Waals surface area contributed by atoms with Gasteiger partial charge < -0.3 is 13.9 Å². The molecule has 0 fully saturated rings. The Kier molecular flexibility index (Phi) is 6.80. The van der Waals surface area contributed by atoms with Crippen LogP contribution in [0.1, 0.15) is 0 Å². The number of para-hydroxylation sites is 3. The average Bonchev–Trinajstić information content (AvgIpc) is 3.94. The molecule has 0 saturated carbocycles. The van der Waals surface area contributed by atoms with E-state index in [0.717, 1.165) is 55.6 Å². The molecule has 0 bridgehead atoms. The molecule has 262 valence electrons. The Morgan fingerprint density at radius 2 is 1.09 bits per heavy atom. The summed E-state index contributed by atoms with van der Waals surface area (Å²) in [5.74, 6) is 0. The van der Waals surface area contributed by atoms with Gasteiger partial charge in [0.1, 0.15) is 11.2 Å². The van der Waals surface area contributed by atoms with Gasteiger partial charge in [0.15, 0.2) is 0 Å². The second kappa shape index (κ2) is 12.2. The minimum absolute atomic E-state index is 0.874.